The zero-order valence-electron chi connectivity index (χ0n) is 18.2. The van der Waals surface area contributed by atoms with Crippen molar-refractivity contribution < 1.29 is 9.53 Å². The van der Waals surface area contributed by atoms with Crippen molar-refractivity contribution in [2.75, 3.05) is 5.75 Å². The Morgan fingerprint density at radius 3 is 1.85 bits per heavy atom. The molecule has 0 N–H and O–H groups in total. The third kappa shape index (κ3) is 9.25. The van der Waals surface area contributed by atoms with Gasteiger partial charge in [0.25, 0.3) is 0 Å². The van der Waals surface area contributed by atoms with Crippen molar-refractivity contribution in [3.05, 3.63) is 24.3 Å². The van der Waals surface area contributed by atoms with Gasteiger partial charge in [0.05, 0.1) is 0 Å². The van der Waals surface area contributed by atoms with Gasteiger partial charge in [-0.2, -0.15) is 0 Å². The molecule has 0 fully saturated rings. The summed E-state index contributed by atoms with van der Waals surface area (Å²) in [6.07, 6.45) is 8.13. The molecule has 0 spiro atoms. The van der Waals surface area contributed by atoms with Crippen molar-refractivity contribution in [3.63, 3.8) is 0 Å². The Hall–Kier alpha value is -0.161. The molecule has 27 heavy (non-hydrogen) atoms. The number of rotatable bonds is 14. The average Bonchev–Trinajstić information content (AvgIpc) is 2.66. The van der Waals surface area contributed by atoms with Gasteiger partial charge in [0.2, 0.25) is 0 Å². The minimum absolute atomic E-state index is 0.0379. The second-order valence-corrected chi connectivity index (χ2v) is 22.2. The van der Waals surface area contributed by atoms with Crippen LogP contribution in [-0.4, -0.2) is 36.2 Å². The van der Waals surface area contributed by atoms with Gasteiger partial charge in [0.1, 0.15) is 0 Å². The fourth-order valence-corrected chi connectivity index (χ4v) is 20.5. The van der Waals surface area contributed by atoms with E-state index < -0.39 is 18.4 Å². The van der Waals surface area contributed by atoms with Gasteiger partial charge < -0.3 is 0 Å². The summed E-state index contributed by atoms with van der Waals surface area (Å²) in [6, 6.07) is 9.54. The van der Waals surface area contributed by atoms with E-state index in [1.165, 1.54) is 63.7 Å². The second kappa shape index (κ2) is 13.9. The average molecular weight is 499 g/mol. The molecule has 0 aliphatic carbocycles. The molecule has 2 nitrogen and oxygen atoms in total. The summed E-state index contributed by atoms with van der Waals surface area (Å²) in [4.78, 5) is 12.3. The van der Waals surface area contributed by atoms with E-state index in [2.05, 4.69) is 45.0 Å². The maximum atomic E-state index is 11.1. The van der Waals surface area contributed by atoms with Crippen LogP contribution in [0.15, 0.2) is 29.2 Å². The molecule has 1 rings (SSSR count). The summed E-state index contributed by atoms with van der Waals surface area (Å²) in [5.74, 6) is 0.620. The van der Waals surface area contributed by atoms with Crippen LogP contribution in [-0.2, 0) is 9.53 Å². The fourth-order valence-electron chi connectivity index (χ4n) is 3.79. The maximum absolute atomic E-state index is 11.1. The molecular weight excluding hydrogens is 459 g/mol. The first-order chi connectivity index (χ1) is 13.0. The van der Waals surface area contributed by atoms with Crippen LogP contribution in [0.25, 0.3) is 0 Å². The number of esters is 1. The van der Waals surface area contributed by atoms with Gasteiger partial charge in [-0.25, -0.2) is 0 Å². The van der Waals surface area contributed by atoms with Crippen LogP contribution >= 0.6 is 11.8 Å². The van der Waals surface area contributed by atoms with Crippen LogP contribution in [0.4, 0.5) is 0 Å². The molecule has 0 saturated heterocycles. The quantitative estimate of drug-likeness (QED) is 0.160. The molecule has 1 atom stereocenters. The second-order valence-electron chi connectivity index (χ2n) is 7.85. The number of hydrogen-bond acceptors (Lipinski definition) is 3. The van der Waals surface area contributed by atoms with Gasteiger partial charge in [0, 0.05) is 0 Å². The number of carbonyl (C=O) groups excluding carboxylic acids is 1. The van der Waals surface area contributed by atoms with Crippen molar-refractivity contribution in [2.45, 2.75) is 97.5 Å². The van der Waals surface area contributed by atoms with Gasteiger partial charge in [-0.05, 0) is 0 Å². The Kier molecular flexibility index (Phi) is 12.8. The topological polar surface area (TPSA) is 26.3 Å². The van der Waals surface area contributed by atoms with Crippen LogP contribution in [0, 0.1) is 0 Å². The monoisotopic (exact) mass is 500 g/mol. The Bertz CT molecular complexity index is 508. The molecule has 154 valence electrons. The van der Waals surface area contributed by atoms with Gasteiger partial charge in [0.15, 0.2) is 0 Å². The molecule has 0 aromatic heterocycles. The van der Waals surface area contributed by atoms with Crippen molar-refractivity contribution in [3.8, 4) is 0 Å². The van der Waals surface area contributed by atoms with Crippen LogP contribution in [0.5, 0.6) is 0 Å². The summed E-state index contributed by atoms with van der Waals surface area (Å²) >= 11 is -0.507. The van der Waals surface area contributed by atoms with E-state index >= 15 is 0 Å². The molecule has 0 aliphatic rings. The first kappa shape index (κ1) is 24.9. The van der Waals surface area contributed by atoms with Crippen LogP contribution < -0.4 is 3.58 Å². The Morgan fingerprint density at radius 1 is 0.963 bits per heavy atom. The summed E-state index contributed by atoms with van der Waals surface area (Å²) in [7, 11) is 0. The van der Waals surface area contributed by atoms with Crippen molar-refractivity contribution in [1.82, 2.24) is 0 Å². The molecular formula is C23H40O2SSn. The first-order valence-corrected chi connectivity index (χ1v) is 19.3. The molecule has 0 unspecified atom stereocenters. The molecule has 4 heteroatoms. The Labute approximate surface area is 176 Å². The normalized spacial score (nSPS) is 12.8. The fraction of sp³-hybridized carbons (Fsp3) is 0.696. The zero-order chi connectivity index (χ0) is 20.1. The third-order valence-electron chi connectivity index (χ3n) is 5.35. The van der Waals surface area contributed by atoms with E-state index in [1.54, 1.807) is 15.3 Å². The molecule has 1 aromatic rings. The summed E-state index contributed by atoms with van der Waals surface area (Å²) in [5, 5.41) is 0. The third-order valence-corrected chi connectivity index (χ3v) is 22.3. The number of unbranched alkanes of at least 4 members (excludes halogenated alkanes) is 3. The molecule has 0 bridgehead atoms. The number of carbonyl (C=O) groups is 1. The van der Waals surface area contributed by atoms with E-state index in [0.717, 1.165) is 5.75 Å². The molecule has 0 amide bonds. The predicted octanol–water partition coefficient (Wildman–Crippen LogP) is 6.79. The molecule has 1 aromatic carbocycles. The van der Waals surface area contributed by atoms with Crippen molar-refractivity contribution in [2.24, 2.45) is 0 Å². The number of benzene rings is 1. The van der Waals surface area contributed by atoms with E-state index in [4.69, 9.17) is 4.74 Å². The van der Waals surface area contributed by atoms with E-state index in [9.17, 15) is 4.79 Å². The van der Waals surface area contributed by atoms with Crippen LogP contribution in [0.1, 0.15) is 73.1 Å². The van der Waals surface area contributed by atoms with E-state index in [1.807, 2.05) is 6.92 Å². The number of thioether (sulfide) groups is 1. The van der Waals surface area contributed by atoms with Gasteiger partial charge in [-0.1, -0.05) is 0 Å². The van der Waals surface area contributed by atoms with Gasteiger partial charge in [-0.3, -0.25) is 0 Å². The summed E-state index contributed by atoms with van der Waals surface area (Å²) in [5.41, 5.74) is 0. The Morgan fingerprint density at radius 2 is 1.44 bits per heavy atom. The van der Waals surface area contributed by atoms with E-state index in [0.29, 0.717) is 0 Å². The zero-order valence-corrected chi connectivity index (χ0v) is 21.9. The van der Waals surface area contributed by atoms with Gasteiger partial charge in [-0.15, -0.1) is 0 Å². The predicted molar refractivity (Wildman–Crippen MR) is 123 cm³/mol. The first-order valence-electron chi connectivity index (χ1n) is 10.9. The molecule has 0 saturated carbocycles. The molecule has 0 radical (unpaired) electrons. The van der Waals surface area contributed by atoms with Gasteiger partial charge >= 0.3 is 177 Å². The molecule has 0 heterocycles. The van der Waals surface area contributed by atoms with Crippen molar-refractivity contribution in [1.29, 1.82) is 0 Å². The standard InChI is InChI=1S/C11H13O2S.3C4H9.Sn/c1-9(13-10(2)12)8-14-11-6-4-3-5-7-11;3*1-3-4-2;/h4-7,9H,8H2,1-2H3;3*1,3-4H2,2H3;/t9-;;;;/m1..../s1. The molecule has 0 aliphatic heterocycles. The van der Waals surface area contributed by atoms with Crippen LogP contribution in [0.3, 0.4) is 0 Å². The summed E-state index contributed by atoms with van der Waals surface area (Å²) in [6.45, 7) is 10.4. The number of hydrogen-bond donors (Lipinski definition) is 0. The Balaban J connectivity index is 2.89. The minimum atomic E-state index is -2.30. The summed E-state index contributed by atoms with van der Waals surface area (Å²) < 4.78 is 11.5. The van der Waals surface area contributed by atoms with Crippen molar-refractivity contribution >= 4 is 39.7 Å². The SMILES string of the molecule is CCC[CH2][Sn]([CH2]CCC)([CH2]CCC)[c]1ccc(SC[C@@H](C)OC(C)=O)cc1. The van der Waals surface area contributed by atoms with Crippen LogP contribution in [0.2, 0.25) is 13.3 Å². The van der Waals surface area contributed by atoms with E-state index in [-0.39, 0.29) is 12.1 Å². The number of ether oxygens (including phenoxy) is 1.